The molecule has 4 rings (SSSR count). The molecule has 0 amide bonds. The Balaban J connectivity index is 1.98. The maximum Gasteiger partial charge on any atom is 0.180 e. The summed E-state index contributed by atoms with van der Waals surface area (Å²) >= 11 is 6.09. The molecule has 0 radical (unpaired) electrons. The van der Waals surface area contributed by atoms with Crippen molar-refractivity contribution >= 4 is 56.2 Å². The van der Waals surface area contributed by atoms with Gasteiger partial charge in [0.25, 0.3) is 0 Å². The monoisotopic (exact) mass is 497 g/mol. The van der Waals surface area contributed by atoms with Crippen molar-refractivity contribution in [2.24, 2.45) is 0 Å². The van der Waals surface area contributed by atoms with Gasteiger partial charge in [-0.15, -0.1) is 0 Å². The van der Waals surface area contributed by atoms with Crippen molar-refractivity contribution in [2.45, 2.75) is 12.8 Å². The van der Waals surface area contributed by atoms with E-state index in [0.717, 1.165) is 59.7 Å². The normalized spacial score (nSPS) is 13.6. The number of benzene rings is 2. The number of methoxy groups -OCH3 is 1. The number of aromatic nitrogens is 1. The first-order valence-electron chi connectivity index (χ1n) is 11.7. The summed E-state index contributed by atoms with van der Waals surface area (Å²) in [6.07, 6.45) is 1.82. The van der Waals surface area contributed by atoms with E-state index in [0.29, 0.717) is 23.3 Å². The lowest BCUT2D eigenvalue weighted by Gasteiger charge is -2.41. The molecule has 1 aromatic heterocycles. The topological polar surface area (TPSA) is 81.6 Å². The van der Waals surface area contributed by atoms with E-state index in [-0.39, 0.29) is 10.9 Å². The quantitative estimate of drug-likeness (QED) is 0.253. The zero-order valence-corrected chi connectivity index (χ0v) is 21.8. The van der Waals surface area contributed by atoms with Crippen LogP contribution in [0.4, 0.5) is 17.1 Å². The fourth-order valence-electron chi connectivity index (χ4n) is 4.62. The number of anilines is 3. The molecule has 1 aliphatic rings. The first kappa shape index (κ1) is 25.3. The summed E-state index contributed by atoms with van der Waals surface area (Å²) in [5.41, 5.74) is 3.05. The minimum atomic E-state index is -0.106. The summed E-state index contributed by atoms with van der Waals surface area (Å²) in [5, 5.41) is 24.3. The minimum absolute atomic E-state index is 0.106. The van der Waals surface area contributed by atoms with Crippen molar-refractivity contribution in [3.05, 3.63) is 35.5 Å². The second-order valence-corrected chi connectivity index (χ2v) is 9.71. The number of thiocarbonyl (C=S) groups is 1. The Hall–Kier alpha value is -2.76. The van der Waals surface area contributed by atoms with Crippen LogP contribution in [0.2, 0.25) is 0 Å². The molecule has 0 saturated heterocycles. The van der Waals surface area contributed by atoms with Crippen LogP contribution in [0.15, 0.2) is 30.3 Å². The van der Waals surface area contributed by atoms with Gasteiger partial charge in [0.2, 0.25) is 0 Å². The largest absolute Gasteiger partial charge is 0.733 e. The maximum atomic E-state index is 12.1. The molecule has 2 heterocycles. The summed E-state index contributed by atoms with van der Waals surface area (Å²) in [6, 6.07) is 9.15. The highest BCUT2D eigenvalue weighted by atomic mass is 32.1. The Kier molecular flexibility index (Phi) is 7.58. The highest BCUT2D eigenvalue weighted by molar-refractivity contribution is 7.80. The second kappa shape index (κ2) is 10.5. The first-order valence-corrected chi connectivity index (χ1v) is 12.1. The molecule has 10 heteroatoms. The van der Waals surface area contributed by atoms with Crippen molar-refractivity contribution in [1.82, 2.24) is 14.8 Å². The van der Waals surface area contributed by atoms with Crippen LogP contribution in [-0.4, -0.2) is 86.6 Å². The fourth-order valence-corrected chi connectivity index (χ4v) is 4.99. The number of nitrogens with zero attached hydrogens (tertiary/aromatic N) is 6. The summed E-state index contributed by atoms with van der Waals surface area (Å²) in [6.45, 7) is 3.26. The summed E-state index contributed by atoms with van der Waals surface area (Å²) in [4.78, 5) is 13.4. The average Bonchev–Trinajstić information content (AvgIpc) is 2.81. The van der Waals surface area contributed by atoms with Crippen LogP contribution in [0.5, 0.6) is 5.75 Å². The van der Waals surface area contributed by atoms with Gasteiger partial charge in [-0.2, -0.15) is 0 Å². The van der Waals surface area contributed by atoms with Gasteiger partial charge in [0.15, 0.2) is 5.11 Å². The van der Waals surface area contributed by atoms with Crippen LogP contribution in [0.3, 0.4) is 0 Å². The van der Waals surface area contributed by atoms with Crippen molar-refractivity contribution in [3.63, 3.8) is 0 Å². The van der Waals surface area contributed by atoms with E-state index in [4.69, 9.17) is 21.9 Å². The number of fused-ring (bicyclic) bond motifs is 2. The van der Waals surface area contributed by atoms with Gasteiger partial charge >= 0.3 is 0 Å². The summed E-state index contributed by atoms with van der Waals surface area (Å²) < 4.78 is 5.52. The van der Waals surface area contributed by atoms with Crippen LogP contribution in [-0.2, 0) is 0 Å². The first-order chi connectivity index (χ1) is 16.7. The molecule has 2 aromatic carbocycles. The third-order valence-electron chi connectivity index (χ3n) is 6.27. The second-order valence-electron chi connectivity index (χ2n) is 9.34. The highest BCUT2D eigenvalue weighted by Gasteiger charge is 2.32. The van der Waals surface area contributed by atoms with E-state index in [2.05, 4.69) is 47.8 Å². The zero-order valence-electron chi connectivity index (χ0n) is 21.0. The molecular weight excluding hydrogens is 464 g/mol. The van der Waals surface area contributed by atoms with Crippen LogP contribution in [0.1, 0.15) is 12.8 Å². The Morgan fingerprint density at radius 2 is 1.66 bits per heavy atom. The van der Waals surface area contributed by atoms with Crippen molar-refractivity contribution in [3.8, 4) is 5.75 Å². The van der Waals surface area contributed by atoms with Gasteiger partial charge in [-0.3, -0.25) is 5.21 Å². The number of rotatable bonds is 10. The predicted molar refractivity (Wildman–Crippen MR) is 147 cm³/mol. The maximum absolute atomic E-state index is 12.1. The Morgan fingerprint density at radius 1 is 1.00 bits per heavy atom. The van der Waals surface area contributed by atoms with Gasteiger partial charge in [-0.25, -0.2) is 4.98 Å². The molecule has 0 spiro atoms. The molecule has 1 aliphatic heterocycles. The lowest BCUT2D eigenvalue weighted by atomic mass is 10.0. The molecule has 0 saturated carbocycles. The lowest BCUT2D eigenvalue weighted by Crippen LogP contribution is -2.48. The molecule has 1 N–H and O–H groups in total. The Morgan fingerprint density at radius 3 is 2.26 bits per heavy atom. The Labute approximate surface area is 211 Å². The van der Waals surface area contributed by atoms with Crippen molar-refractivity contribution in [1.29, 1.82) is 0 Å². The molecule has 0 unspecified atom stereocenters. The molecule has 188 valence electrons. The van der Waals surface area contributed by atoms with Gasteiger partial charge in [0.05, 0.1) is 40.6 Å². The third kappa shape index (κ3) is 4.98. The van der Waals surface area contributed by atoms with E-state index in [1.165, 1.54) is 0 Å². The third-order valence-corrected chi connectivity index (χ3v) is 6.71. The van der Waals surface area contributed by atoms with E-state index in [9.17, 15) is 10.4 Å². The minimum Gasteiger partial charge on any atom is -0.733 e. The van der Waals surface area contributed by atoms with Crippen LogP contribution in [0, 0.1) is 5.21 Å². The van der Waals surface area contributed by atoms with E-state index < -0.39 is 0 Å². The Bertz CT molecular complexity index is 1230. The molecule has 0 bridgehead atoms. The van der Waals surface area contributed by atoms with Crippen LogP contribution < -0.4 is 19.8 Å². The molecule has 3 aromatic rings. The van der Waals surface area contributed by atoms with E-state index in [1.54, 1.807) is 13.2 Å². The van der Waals surface area contributed by atoms with Crippen LogP contribution >= 0.6 is 12.2 Å². The van der Waals surface area contributed by atoms with E-state index >= 15 is 0 Å². The smallest absolute Gasteiger partial charge is 0.180 e. The predicted octanol–water partition coefficient (Wildman–Crippen LogP) is 3.90. The van der Waals surface area contributed by atoms with Crippen LogP contribution in [0.25, 0.3) is 21.8 Å². The zero-order chi connectivity index (χ0) is 25.3. The number of pyridine rings is 1. The number of ether oxygens (including phenoxy) is 1. The molecule has 0 aliphatic carbocycles. The highest BCUT2D eigenvalue weighted by Crippen LogP contribution is 2.47. The fraction of sp³-hybridized carbons (Fsp3) is 0.440. The average molecular weight is 498 g/mol. The van der Waals surface area contributed by atoms with Gasteiger partial charge < -0.3 is 34.8 Å². The molecular formula is C25H33N6O3S-. The summed E-state index contributed by atoms with van der Waals surface area (Å²) in [7, 11) is 9.85. The SMILES string of the molecule is COc1ccc2nc3c(N([O-])O)ccc4c3c(c2c1)N(CCCN(C)C)C(=S)N4CCCN(C)C. The van der Waals surface area contributed by atoms with Crippen molar-refractivity contribution in [2.75, 3.05) is 76.5 Å². The van der Waals surface area contributed by atoms with Gasteiger partial charge in [-0.05, 0) is 96.7 Å². The van der Waals surface area contributed by atoms with Gasteiger partial charge in [0.1, 0.15) is 5.75 Å². The molecule has 0 atom stereocenters. The standard InChI is InChI=1S/C25H33N6O3S/c1-27(2)12-6-14-29-20-10-11-21(31(32)33)23-22(20)24(30(25(29)35)15-7-13-28(3)4)18-16-17(34-5)8-9-19(18)26-23/h8-11,16,32H,6-7,12-15H2,1-5H3/q-1. The number of hydrogen-bond acceptors (Lipinski definition) is 8. The molecule has 9 nitrogen and oxygen atoms in total. The number of hydrogen-bond donors (Lipinski definition) is 1. The van der Waals surface area contributed by atoms with Gasteiger partial charge in [0, 0.05) is 18.5 Å². The van der Waals surface area contributed by atoms with Gasteiger partial charge in [-0.1, -0.05) is 0 Å². The van der Waals surface area contributed by atoms with E-state index in [1.807, 2.05) is 24.3 Å². The molecule has 0 fully saturated rings. The molecule has 35 heavy (non-hydrogen) atoms. The summed E-state index contributed by atoms with van der Waals surface area (Å²) in [5.74, 6) is 0.716. The van der Waals surface area contributed by atoms with Crippen molar-refractivity contribution < 1.29 is 9.94 Å². The lowest BCUT2D eigenvalue weighted by molar-refractivity contribution is 0.297.